The smallest absolute Gasteiger partial charge is 0.231 e. The summed E-state index contributed by atoms with van der Waals surface area (Å²) in [7, 11) is 0. The van der Waals surface area contributed by atoms with Gasteiger partial charge in [0.15, 0.2) is 11.5 Å². The van der Waals surface area contributed by atoms with Crippen LogP contribution in [0.25, 0.3) is 0 Å². The molecule has 98 valence electrons. The number of rotatable bonds is 3. The highest BCUT2D eigenvalue weighted by Gasteiger charge is 2.13. The average Bonchev–Trinajstić information content (AvgIpc) is 2.85. The minimum Gasteiger partial charge on any atom is -0.489 e. The number of ether oxygens (including phenoxy) is 3. The maximum absolute atomic E-state index is 5.73. The predicted molar refractivity (Wildman–Crippen MR) is 75.5 cm³/mol. The maximum atomic E-state index is 5.73. The van der Waals surface area contributed by atoms with Crippen LogP contribution >= 0.6 is 15.9 Å². The number of hydrogen-bond acceptors (Lipinski definition) is 4. The van der Waals surface area contributed by atoms with Crippen molar-refractivity contribution in [3.05, 3.63) is 46.4 Å². The molecule has 0 saturated carbocycles. The highest BCUT2D eigenvalue weighted by molar-refractivity contribution is 9.10. The molecule has 0 atom stereocenters. The lowest BCUT2D eigenvalue weighted by atomic mass is 10.2. The second kappa shape index (κ2) is 5.01. The molecule has 0 radical (unpaired) electrons. The fourth-order valence-corrected chi connectivity index (χ4v) is 2.32. The molecule has 19 heavy (non-hydrogen) atoms. The van der Waals surface area contributed by atoms with Gasteiger partial charge in [-0.25, -0.2) is 0 Å². The largest absolute Gasteiger partial charge is 0.489 e. The van der Waals surface area contributed by atoms with Crippen LogP contribution in [0, 0.1) is 0 Å². The molecule has 0 amide bonds. The fraction of sp³-hybridized carbons (Fsp3) is 0.143. The third kappa shape index (κ3) is 2.61. The molecule has 0 aliphatic carbocycles. The molecule has 0 bridgehead atoms. The Hall–Kier alpha value is -1.88. The van der Waals surface area contributed by atoms with E-state index in [0.29, 0.717) is 12.4 Å². The standard InChI is InChI=1S/C14H12BrNO3/c15-12-5-10(16)2-1-9(12)7-17-11-3-4-13-14(6-11)19-8-18-13/h1-6H,7-8,16H2. The van der Waals surface area contributed by atoms with Gasteiger partial charge in [0.05, 0.1) is 0 Å². The third-order valence-electron chi connectivity index (χ3n) is 2.82. The van der Waals surface area contributed by atoms with Gasteiger partial charge in [-0.05, 0) is 24.3 Å². The summed E-state index contributed by atoms with van der Waals surface area (Å²) >= 11 is 3.47. The van der Waals surface area contributed by atoms with Crippen LogP contribution in [0.5, 0.6) is 17.2 Å². The van der Waals surface area contributed by atoms with E-state index in [9.17, 15) is 0 Å². The highest BCUT2D eigenvalue weighted by atomic mass is 79.9. The molecule has 1 aliphatic rings. The summed E-state index contributed by atoms with van der Waals surface area (Å²) in [5.41, 5.74) is 7.45. The van der Waals surface area contributed by atoms with Crippen molar-refractivity contribution in [1.29, 1.82) is 0 Å². The Balaban J connectivity index is 1.72. The van der Waals surface area contributed by atoms with Crippen LogP contribution in [0.1, 0.15) is 5.56 Å². The van der Waals surface area contributed by atoms with E-state index in [-0.39, 0.29) is 6.79 Å². The molecule has 0 fully saturated rings. The first-order valence-electron chi connectivity index (χ1n) is 5.79. The number of benzene rings is 2. The second-order valence-corrected chi connectivity index (χ2v) is 5.01. The highest BCUT2D eigenvalue weighted by Crippen LogP contribution is 2.35. The van der Waals surface area contributed by atoms with Gasteiger partial charge in [0.2, 0.25) is 6.79 Å². The van der Waals surface area contributed by atoms with Crippen molar-refractivity contribution < 1.29 is 14.2 Å². The van der Waals surface area contributed by atoms with Crippen molar-refractivity contribution >= 4 is 21.6 Å². The first-order valence-corrected chi connectivity index (χ1v) is 6.58. The van der Waals surface area contributed by atoms with Crippen molar-refractivity contribution in [2.75, 3.05) is 12.5 Å². The number of halogens is 1. The van der Waals surface area contributed by atoms with Crippen molar-refractivity contribution in [2.24, 2.45) is 0 Å². The molecule has 2 N–H and O–H groups in total. The minimum atomic E-state index is 0.266. The zero-order valence-corrected chi connectivity index (χ0v) is 11.6. The van der Waals surface area contributed by atoms with E-state index in [0.717, 1.165) is 27.2 Å². The van der Waals surface area contributed by atoms with Gasteiger partial charge in [-0.15, -0.1) is 0 Å². The van der Waals surface area contributed by atoms with Crippen LogP contribution in [0.3, 0.4) is 0 Å². The van der Waals surface area contributed by atoms with Gasteiger partial charge in [0.1, 0.15) is 12.4 Å². The molecule has 1 aliphatic heterocycles. The lowest BCUT2D eigenvalue weighted by Crippen LogP contribution is -1.97. The Morgan fingerprint density at radius 2 is 1.95 bits per heavy atom. The Bertz CT molecular complexity index is 616. The SMILES string of the molecule is Nc1ccc(COc2ccc3c(c2)OCO3)c(Br)c1. The monoisotopic (exact) mass is 321 g/mol. The van der Waals surface area contributed by atoms with Gasteiger partial charge in [0, 0.05) is 21.8 Å². The molecule has 4 nitrogen and oxygen atoms in total. The summed E-state index contributed by atoms with van der Waals surface area (Å²) in [6.07, 6.45) is 0. The zero-order valence-electron chi connectivity index (χ0n) is 10.1. The van der Waals surface area contributed by atoms with Crippen LogP contribution in [-0.2, 0) is 6.61 Å². The number of nitrogen functional groups attached to an aromatic ring is 1. The third-order valence-corrected chi connectivity index (χ3v) is 3.55. The summed E-state index contributed by atoms with van der Waals surface area (Å²) in [5.74, 6) is 2.21. The Labute approximate surface area is 119 Å². The lowest BCUT2D eigenvalue weighted by molar-refractivity contribution is 0.173. The van der Waals surface area contributed by atoms with Crippen molar-refractivity contribution in [2.45, 2.75) is 6.61 Å². The van der Waals surface area contributed by atoms with Crippen LogP contribution in [0.4, 0.5) is 5.69 Å². The molecule has 3 rings (SSSR count). The molecule has 2 aromatic rings. The van der Waals surface area contributed by atoms with Crippen molar-refractivity contribution in [3.8, 4) is 17.2 Å². The molecule has 0 unspecified atom stereocenters. The van der Waals surface area contributed by atoms with Gasteiger partial charge < -0.3 is 19.9 Å². The molecule has 0 aromatic heterocycles. The van der Waals surface area contributed by atoms with Crippen LogP contribution in [-0.4, -0.2) is 6.79 Å². The molecule has 0 saturated heterocycles. The van der Waals surface area contributed by atoms with E-state index in [4.69, 9.17) is 19.9 Å². The summed E-state index contributed by atoms with van der Waals surface area (Å²) in [4.78, 5) is 0. The first kappa shape index (κ1) is 12.2. The fourth-order valence-electron chi connectivity index (χ4n) is 1.81. The van der Waals surface area contributed by atoms with E-state index in [1.807, 2.05) is 36.4 Å². The molecule has 0 spiro atoms. The van der Waals surface area contributed by atoms with Crippen LogP contribution < -0.4 is 19.9 Å². The number of hydrogen-bond donors (Lipinski definition) is 1. The number of fused-ring (bicyclic) bond motifs is 1. The molecular formula is C14H12BrNO3. The Morgan fingerprint density at radius 1 is 1.11 bits per heavy atom. The summed E-state index contributed by atoms with van der Waals surface area (Å²) in [5, 5.41) is 0. The van der Waals surface area contributed by atoms with Crippen molar-refractivity contribution in [3.63, 3.8) is 0 Å². The summed E-state index contributed by atoms with van der Waals surface area (Å²) in [6.45, 7) is 0.725. The first-order chi connectivity index (χ1) is 9.22. The molecular weight excluding hydrogens is 310 g/mol. The maximum Gasteiger partial charge on any atom is 0.231 e. The predicted octanol–water partition coefficient (Wildman–Crippen LogP) is 3.34. The molecule has 5 heteroatoms. The van der Waals surface area contributed by atoms with Gasteiger partial charge in [-0.2, -0.15) is 0 Å². The van der Waals surface area contributed by atoms with Gasteiger partial charge in [-0.1, -0.05) is 22.0 Å². The lowest BCUT2D eigenvalue weighted by Gasteiger charge is -2.09. The normalized spacial score (nSPS) is 12.5. The number of nitrogens with two attached hydrogens (primary N) is 1. The van der Waals surface area contributed by atoms with Crippen LogP contribution in [0.2, 0.25) is 0 Å². The van der Waals surface area contributed by atoms with Gasteiger partial charge >= 0.3 is 0 Å². The van der Waals surface area contributed by atoms with Gasteiger partial charge in [0.25, 0.3) is 0 Å². The average molecular weight is 322 g/mol. The minimum absolute atomic E-state index is 0.266. The second-order valence-electron chi connectivity index (χ2n) is 4.15. The van der Waals surface area contributed by atoms with E-state index in [1.54, 1.807) is 0 Å². The van der Waals surface area contributed by atoms with Crippen LogP contribution in [0.15, 0.2) is 40.9 Å². The van der Waals surface area contributed by atoms with E-state index in [2.05, 4.69) is 15.9 Å². The van der Waals surface area contributed by atoms with E-state index < -0.39 is 0 Å². The quantitative estimate of drug-likeness (QED) is 0.881. The van der Waals surface area contributed by atoms with E-state index in [1.165, 1.54) is 0 Å². The Morgan fingerprint density at radius 3 is 2.79 bits per heavy atom. The van der Waals surface area contributed by atoms with Crippen molar-refractivity contribution in [1.82, 2.24) is 0 Å². The molecule has 2 aromatic carbocycles. The number of anilines is 1. The Kier molecular flexibility index (Phi) is 3.21. The summed E-state index contributed by atoms with van der Waals surface area (Å²) < 4.78 is 17.2. The van der Waals surface area contributed by atoms with Gasteiger partial charge in [-0.3, -0.25) is 0 Å². The topological polar surface area (TPSA) is 53.7 Å². The molecule has 1 heterocycles. The zero-order chi connectivity index (χ0) is 13.2. The summed E-state index contributed by atoms with van der Waals surface area (Å²) in [6, 6.07) is 11.2. The van der Waals surface area contributed by atoms with E-state index >= 15 is 0 Å².